The van der Waals surface area contributed by atoms with E-state index in [1.54, 1.807) is 0 Å². The van der Waals surface area contributed by atoms with Gasteiger partial charge >= 0.3 is 0 Å². The fourth-order valence-corrected chi connectivity index (χ4v) is 4.02. The predicted molar refractivity (Wildman–Crippen MR) is 80.2 cm³/mol. The Labute approximate surface area is 128 Å². The van der Waals surface area contributed by atoms with Gasteiger partial charge in [0.05, 0.1) is 27.4 Å². The zero-order chi connectivity index (χ0) is 13.3. The number of ether oxygens (including phenoxy) is 1. The summed E-state index contributed by atoms with van der Waals surface area (Å²) >= 11 is 8.32. The lowest BCUT2D eigenvalue weighted by atomic mass is 10.1. The van der Waals surface area contributed by atoms with Crippen molar-refractivity contribution in [2.24, 2.45) is 0 Å². The van der Waals surface area contributed by atoms with Gasteiger partial charge in [0.25, 0.3) is 5.91 Å². The zero-order valence-corrected chi connectivity index (χ0v) is 14.3. The van der Waals surface area contributed by atoms with Gasteiger partial charge < -0.3 is 9.64 Å². The third-order valence-corrected chi connectivity index (χ3v) is 6.30. The highest BCUT2D eigenvalue weighted by Gasteiger charge is 2.30. The summed E-state index contributed by atoms with van der Waals surface area (Å²) < 4.78 is 7.51. The Kier molecular flexibility index (Phi) is 4.86. The molecule has 0 bridgehead atoms. The van der Waals surface area contributed by atoms with Gasteiger partial charge in [0.2, 0.25) is 0 Å². The van der Waals surface area contributed by atoms with Crippen molar-refractivity contribution in [1.82, 2.24) is 4.90 Å². The lowest BCUT2D eigenvalue weighted by Crippen LogP contribution is -2.51. The Morgan fingerprint density at radius 3 is 2.89 bits per heavy atom. The minimum absolute atomic E-state index is 0.105. The molecule has 100 valence electrons. The quantitative estimate of drug-likeness (QED) is 0.758. The molecule has 0 unspecified atom stereocenters. The maximum Gasteiger partial charge on any atom is 0.264 e. The van der Waals surface area contributed by atoms with E-state index in [1.165, 1.54) is 11.3 Å². The van der Waals surface area contributed by atoms with Crippen LogP contribution >= 0.6 is 43.2 Å². The van der Waals surface area contributed by atoms with Crippen molar-refractivity contribution in [2.75, 3.05) is 13.2 Å². The number of halogens is 2. The van der Waals surface area contributed by atoms with E-state index < -0.39 is 0 Å². The van der Waals surface area contributed by atoms with Crippen LogP contribution in [0.25, 0.3) is 0 Å². The Balaban J connectivity index is 2.20. The van der Waals surface area contributed by atoms with Gasteiger partial charge in [0.1, 0.15) is 0 Å². The van der Waals surface area contributed by atoms with Gasteiger partial charge in [-0.1, -0.05) is 6.92 Å². The summed E-state index contributed by atoms with van der Waals surface area (Å²) in [4.78, 5) is 15.2. The average molecular weight is 397 g/mol. The number of rotatable bonds is 2. The Morgan fingerprint density at radius 2 is 2.33 bits per heavy atom. The molecule has 1 aromatic rings. The molecule has 1 aromatic heterocycles. The first-order chi connectivity index (χ1) is 8.52. The summed E-state index contributed by atoms with van der Waals surface area (Å²) in [6.45, 7) is 5.40. The minimum Gasteiger partial charge on any atom is -0.375 e. The minimum atomic E-state index is 0.105. The molecular weight excluding hydrogens is 382 g/mol. The molecule has 2 rings (SSSR count). The first kappa shape index (κ1) is 14.5. The number of hydrogen-bond donors (Lipinski definition) is 0. The second kappa shape index (κ2) is 6.03. The monoisotopic (exact) mass is 395 g/mol. The fraction of sp³-hybridized carbons (Fsp3) is 0.583. The number of morpholine rings is 1. The van der Waals surface area contributed by atoms with Gasteiger partial charge in [-0.2, -0.15) is 0 Å². The smallest absolute Gasteiger partial charge is 0.264 e. The van der Waals surface area contributed by atoms with E-state index in [9.17, 15) is 4.79 Å². The van der Waals surface area contributed by atoms with Gasteiger partial charge in [0, 0.05) is 11.0 Å². The summed E-state index contributed by atoms with van der Waals surface area (Å²) in [6.07, 6.45) is 1.04. The van der Waals surface area contributed by atoms with Gasteiger partial charge in [-0.05, 0) is 51.3 Å². The molecule has 1 aliphatic heterocycles. The lowest BCUT2D eigenvalue weighted by Gasteiger charge is -2.38. The molecule has 0 saturated carbocycles. The second-order valence-corrected chi connectivity index (χ2v) is 7.62. The molecule has 1 aliphatic rings. The van der Waals surface area contributed by atoms with Crippen LogP contribution in [0.3, 0.4) is 0 Å². The van der Waals surface area contributed by atoms with Gasteiger partial charge in [-0.15, -0.1) is 11.3 Å². The van der Waals surface area contributed by atoms with Crippen LogP contribution in [-0.2, 0) is 4.74 Å². The SMILES string of the molecule is CC[C@@H]1CO[C@@H](C)CN1C(=O)c1cc(Br)c(Br)s1. The Bertz CT molecular complexity index is 430. The first-order valence-electron chi connectivity index (χ1n) is 5.90. The van der Waals surface area contributed by atoms with Crippen LogP contribution in [0.5, 0.6) is 0 Å². The lowest BCUT2D eigenvalue weighted by molar-refractivity contribution is -0.0442. The van der Waals surface area contributed by atoms with E-state index >= 15 is 0 Å². The van der Waals surface area contributed by atoms with Crippen molar-refractivity contribution in [3.8, 4) is 0 Å². The number of nitrogens with zero attached hydrogens (tertiary/aromatic N) is 1. The van der Waals surface area contributed by atoms with Crippen LogP contribution in [0.4, 0.5) is 0 Å². The van der Waals surface area contributed by atoms with Crippen molar-refractivity contribution in [2.45, 2.75) is 32.4 Å². The third-order valence-electron chi connectivity index (χ3n) is 3.06. The Hall–Kier alpha value is 0.0900. The second-order valence-electron chi connectivity index (χ2n) is 4.40. The molecule has 1 saturated heterocycles. The zero-order valence-electron chi connectivity index (χ0n) is 10.3. The van der Waals surface area contributed by atoms with Crippen molar-refractivity contribution >= 4 is 49.1 Å². The van der Waals surface area contributed by atoms with E-state index in [0.717, 1.165) is 19.6 Å². The van der Waals surface area contributed by atoms with E-state index in [-0.39, 0.29) is 18.1 Å². The molecule has 1 amide bonds. The molecule has 1 fully saturated rings. The molecule has 0 spiro atoms. The largest absolute Gasteiger partial charge is 0.375 e. The van der Waals surface area contributed by atoms with Gasteiger partial charge in [-0.25, -0.2) is 0 Å². The summed E-state index contributed by atoms with van der Waals surface area (Å²) in [5.74, 6) is 0.105. The van der Waals surface area contributed by atoms with Crippen LogP contribution in [0.2, 0.25) is 0 Å². The highest BCUT2D eigenvalue weighted by molar-refractivity contribution is 9.13. The molecule has 2 atom stereocenters. The highest BCUT2D eigenvalue weighted by atomic mass is 79.9. The number of amides is 1. The molecule has 0 aromatic carbocycles. The van der Waals surface area contributed by atoms with Crippen molar-refractivity contribution in [3.63, 3.8) is 0 Å². The maximum absolute atomic E-state index is 12.5. The maximum atomic E-state index is 12.5. The molecule has 3 nitrogen and oxygen atoms in total. The summed E-state index contributed by atoms with van der Waals surface area (Å²) in [5.41, 5.74) is 0. The first-order valence-corrected chi connectivity index (χ1v) is 8.30. The summed E-state index contributed by atoms with van der Waals surface area (Å²) in [6, 6.07) is 2.07. The van der Waals surface area contributed by atoms with Crippen LogP contribution in [0.15, 0.2) is 14.3 Å². The number of carbonyl (C=O) groups excluding carboxylic acids is 1. The van der Waals surface area contributed by atoms with E-state index in [2.05, 4.69) is 38.8 Å². The molecule has 0 N–H and O–H groups in total. The van der Waals surface area contributed by atoms with Gasteiger partial charge in [-0.3, -0.25) is 4.79 Å². The van der Waals surface area contributed by atoms with Gasteiger partial charge in [0.15, 0.2) is 0 Å². The topological polar surface area (TPSA) is 29.5 Å². The van der Waals surface area contributed by atoms with Crippen molar-refractivity contribution in [3.05, 3.63) is 19.2 Å². The molecular formula is C12H15Br2NO2S. The summed E-state index contributed by atoms with van der Waals surface area (Å²) in [5, 5.41) is 0. The predicted octanol–water partition coefficient (Wildman–Crippen LogP) is 3.91. The van der Waals surface area contributed by atoms with E-state index in [4.69, 9.17) is 4.74 Å². The molecule has 6 heteroatoms. The normalized spacial score (nSPS) is 24.3. The van der Waals surface area contributed by atoms with Crippen molar-refractivity contribution < 1.29 is 9.53 Å². The van der Waals surface area contributed by atoms with Crippen LogP contribution in [0.1, 0.15) is 29.9 Å². The van der Waals surface area contributed by atoms with Crippen molar-refractivity contribution in [1.29, 1.82) is 0 Å². The molecule has 2 heterocycles. The average Bonchev–Trinajstić information content (AvgIpc) is 2.68. The van der Waals surface area contributed by atoms with Crippen LogP contribution < -0.4 is 0 Å². The molecule has 18 heavy (non-hydrogen) atoms. The molecule has 0 radical (unpaired) electrons. The standard InChI is InChI=1S/C12H15Br2NO2S/c1-3-8-6-17-7(2)5-15(8)12(16)10-4-9(13)11(14)18-10/h4,7-8H,3,5-6H2,1-2H3/t7-,8+/m0/s1. The van der Waals surface area contributed by atoms with Crippen LogP contribution in [-0.4, -0.2) is 36.1 Å². The highest BCUT2D eigenvalue weighted by Crippen LogP contribution is 2.33. The number of carbonyl (C=O) groups is 1. The number of thiophene rings is 1. The van der Waals surface area contributed by atoms with Crippen LogP contribution in [0, 0.1) is 0 Å². The van der Waals surface area contributed by atoms with E-state index in [1.807, 2.05) is 17.9 Å². The third kappa shape index (κ3) is 2.98. The number of hydrogen-bond acceptors (Lipinski definition) is 3. The summed E-state index contributed by atoms with van der Waals surface area (Å²) in [7, 11) is 0. The Morgan fingerprint density at radius 1 is 1.61 bits per heavy atom. The molecule has 0 aliphatic carbocycles. The fourth-order valence-electron chi connectivity index (χ4n) is 2.02. The van der Waals surface area contributed by atoms with E-state index in [0.29, 0.717) is 13.2 Å².